The summed E-state index contributed by atoms with van der Waals surface area (Å²) >= 11 is 1.62. The zero-order valence-electron chi connectivity index (χ0n) is 13.9. The van der Waals surface area contributed by atoms with E-state index in [0.717, 1.165) is 35.1 Å². The van der Waals surface area contributed by atoms with Crippen LogP contribution in [0.3, 0.4) is 0 Å². The molecule has 1 aromatic heterocycles. The Morgan fingerprint density at radius 1 is 1.17 bits per heavy atom. The molecule has 24 heavy (non-hydrogen) atoms. The van der Waals surface area contributed by atoms with Crippen LogP contribution in [0.25, 0.3) is 0 Å². The number of ether oxygens (including phenoxy) is 1. The Labute approximate surface area is 146 Å². The fourth-order valence-electron chi connectivity index (χ4n) is 2.64. The van der Waals surface area contributed by atoms with E-state index in [1.54, 1.807) is 22.9 Å². The number of rotatable bonds is 5. The number of carbonyl (C=O) groups is 1. The van der Waals surface area contributed by atoms with Crippen LogP contribution in [-0.4, -0.2) is 42.2 Å². The number of likely N-dealkylation sites (N-methyl/N-ethyl adjacent to an activating group) is 1. The van der Waals surface area contributed by atoms with Crippen LogP contribution in [0.4, 0.5) is 16.3 Å². The molecular formula is C18H21N3O2S. The van der Waals surface area contributed by atoms with Crippen molar-refractivity contribution in [1.29, 1.82) is 0 Å². The SMILES string of the molecule is CCN(CC)CCOC(=O)N1c2ccccc2Sc2cccnc21. The summed E-state index contributed by atoms with van der Waals surface area (Å²) in [6.07, 6.45) is 1.32. The highest BCUT2D eigenvalue weighted by Crippen LogP contribution is 2.46. The van der Waals surface area contributed by atoms with E-state index in [1.165, 1.54) is 0 Å². The van der Waals surface area contributed by atoms with Crippen molar-refractivity contribution in [3.63, 3.8) is 0 Å². The Bertz CT molecular complexity index is 673. The molecule has 1 amide bonds. The third-order valence-corrected chi connectivity index (χ3v) is 5.10. The second-order valence-corrected chi connectivity index (χ2v) is 6.46. The molecule has 1 aliphatic rings. The third-order valence-electron chi connectivity index (χ3n) is 4.00. The normalized spacial score (nSPS) is 12.7. The molecule has 0 spiro atoms. The van der Waals surface area contributed by atoms with E-state index in [1.807, 2.05) is 36.4 Å². The molecule has 0 bridgehead atoms. The molecule has 0 atom stereocenters. The zero-order valence-corrected chi connectivity index (χ0v) is 14.8. The van der Waals surface area contributed by atoms with Crippen LogP contribution in [0.2, 0.25) is 0 Å². The van der Waals surface area contributed by atoms with E-state index in [2.05, 4.69) is 23.7 Å². The van der Waals surface area contributed by atoms with Crippen molar-refractivity contribution in [3.05, 3.63) is 42.6 Å². The average molecular weight is 343 g/mol. The molecule has 2 heterocycles. The highest BCUT2D eigenvalue weighted by atomic mass is 32.2. The molecular weight excluding hydrogens is 322 g/mol. The van der Waals surface area contributed by atoms with Crippen LogP contribution < -0.4 is 4.90 Å². The fraction of sp³-hybridized carbons (Fsp3) is 0.333. The second kappa shape index (κ2) is 7.68. The molecule has 1 aromatic carbocycles. The molecule has 0 saturated carbocycles. The number of hydrogen-bond acceptors (Lipinski definition) is 5. The summed E-state index contributed by atoms with van der Waals surface area (Å²) in [4.78, 5) is 22.9. The topological polar surface area (TPSA) is 45.7 Å². The van der Waals surface area contributed by atoms with Gasteiger partial charge in [-0.25, -0.2) is 14.7 Å². The summed E-state index contributed by atoms with van der Waals surface area (Å²) in [7, 11) is 0. The maximum absolute atomic E-state index is 12.7. The lowest BCUT2D eigenvalue weighted by molar-refractivity contribution is 0.138. The van der Waals surface area contributed by atoms with Gasteiger partial charge in [-0.15, -0.1) is 0 Å². The summed E-state index contributed by atoms with van der Waals surface area (Å²) in [6.45, 7) is 7.20. The number of nitrogens with zero attached hydrogens (tertiary/aromatic N) is 3. The van der Waals surface area contributed by atoms with Crippen molar-refractivity contribution in [1.82, 2.24) is 9.88 Å². The van der Waals surface area contributed by atoms with Gasteiger partial charge in [0.25, 0.3) is 0 Å². The van der Waals surface area contributed by atoms with Crippen molar-refractivity contribution in [2.24, 2.45) is 0 Å². The van der Waals surface area contributed by atoms with E-state index >= 15 is 0 Å². The number of para-hydroxylation sites is 1. The minimum Gasteiger partial charge on any atom is -0.448 e. The Morgan fingerprint density at radius 3 is 2.71 bits per heavy atom. The Balaban J connectivity index is 1.80. The number of aromatic nitrogens is 1. The summed E-state index contributed by atoms with van der Waals surface area (Å²) in [6, 6.07) is 11.7. The lowest BCUT2D eigenvalue weighted by Gasteiger charge is -2.29. The first kappa shape index (κ1) is 16.8. The Hall–Kier alpha value is -2.05. The summed E-state index contributed by atoms with van der Waals surface area (Å²) in [5.41, 5.74) is 0.821. The predicted octanol–water partition coefficient (Wildman–Crippen LogP) is 4.16. The predicted molar refractivity (Wildman–Crippen MR) is 96.1 cm³/mol. The largest absolute Gasteiger partial charge is 0.448 e. The van der Waals surface area contributed by atoms with Gasteiger partial charge < -0.3 is 9.64 Å². The van der Waals surface area contributed by atoms with Crippen molar-refractivity contribution in [2.75, 3.05) is 31.1 Å². The van der Waals surface area contributed by atoms with Gasteiger partial charge >= 0.3 is 6.09 Å². The number of amides is 1. The summed E-state index contributed by atoms with van der Waals surface area (Å²) in [5.74, 6) is 0.633. The molecule has 0 radical (unpaired) electrons. The van der Waals surface area contributed by atoms with E-state index in [4.69, 9.17) is 4.74 Å². The van der Waals surface area contributed by atoms with Crippen molar-refractivity contribution >= 4 is 29.4 Å². The highest BCUT2D eigenvalue weighted by Gasteiger charge is 2.30. The van der Waals surface area contributed by atoms with E-state index < -0.39 is 0 Å². The molecule has 0 fully saturated rings. The first-order valence-corrected chi connectivity index (χ1v) is 8.97. The number of benzene rings is 1. The molecule has 2 aromatic rings. The van der Waals surface area contributed by atoms with Crippen LogP contribution >= 0.6 is 11.8 Å². The minimum absolute atomic E-state index is 0.370. The van der Waals surface area contributed by atoms with E-state index in [-0.39, 0.29) is 6.09 Å². The number of pyridine rings is 1. The first-order valence-electron chi connectivity index (χ1n) is 8.15. The van der Waals surface area contributed by atoms with Gasteiger partial charge in [0.1, 0.15) is 6.61 Å². The molecule has 3 rings (SSSR count). The molecule has 0 unspecified atom stereocenters. The highest BCUT2D eigenvalue weighted by molar-refractivity contribution is 7.99. The third kappa shape index (κ3) is 3.39. The molecule has 0 aliphatic carbocycles. The van der Waals surface area contributed by atoms with Crippen LogP contribution in [0.15, 0.2) is 52.4 Å². The van der Waals surface area contributed by atoms with Gasteiger partial charge in [-0.1, -0.05) is 37.7 Å². The minimum atomic E-state index is -0.380. The lowest BCUT2D eigenvalue weighted by Crippen LogP contribution is -2.33. The van der Waals surface area contributed by atoms with E-state index in [0.29, 0.717) is 12.4 Å². The van der Waals surface area contributed by atoms with Gasteiger partial charge in [0, 0.05) is 17.6 Å². The van der Waals surface area contributed by atoms with Gasteiger partial charge in [-0.05, 0) is 37.4 Å². The Morgan fingerprint density at radius 2 is 1.92 bits per heavy atom. The van der Waals surface area contributed by atoms with Gasteiger partial charge in [-0.3, -0.25) is 0 Å². The maximum atomic E-state index is 12.7. The molecule has 6 heteroatoms. The number of hydrogen-bond donors (Lipinski definition) is 0. The van der Waals surface area contributed by atoms with E-state index in [9.17, 15) is 4.79 Å². The molecule has 0 saturated heterocycles. The number of anilines is 2. The van der Waals surface area contributed by atoms with Gasteiger partial charge in [-0.2, -0.15) is 0 Å². The zero-order chi connectivity index (χ0) is 16.9. The number of fused-ring (bicyclic) bond motifs is 2. The van der Waals surface area contributed by atoms with Crippen LogP contribution in [0.1, 0.15) is 13.8 Å². The van der Waals surface area contributed by atoms with Gasteiger partial charge in [0.05, 0.1) is 10.6 Å². The van der Waals surface area contributed by atoms with Crippen LogP contribution in [-0.2, 0) is 4.74 Å². The van der Waals surface area contributed by atoms with Crippen molar-refractivity contribution < 1.29 is 9.53 Å². The Kier molecular flexibility index (Phi) is 5.37. The first-order chi connectivity index (χ1) is 11.7. The van der Waals surface area contributed by atoms with Crippen LogP contribution in [0, 0.1) is 0 Å². The maximum Gasteiger partial charge on any atom is 0.420 e. The fourth-order valence-corrected chi connectivity index (χ4v) is 3.67. The smallest absolute Gasteiger partial charge is 0.420 e. The molecule has 126 valence electrons. The lowest BCUT2D eigenvalue weighted by atomic mass is 10.2. The monoisotopic (exact) mass is 343 g/mol. The molecule has 5 nitrogen and oxygen atoms in total. The standard InChI is InChI=1S/C18H21N3O2S/c1-3-20(4-2)12-13-23-18(22)21-14-8-5-6-9-15(14)24-16-10-7-11-19-17(16)21/h5-11H,3-4,12-13H2,1-2H3. The van der Waals surface area contributed by atoms with Crippen LogP contribution in [0.5, 0.6) is 0 Å². The summed E-state index contributed by atoms with van der Waals surface area (Å²) < 4.78 is 5.53. The second-order valence-electron chi connectivity index (χ2n) is 5.37. The quantitative estimate of drug-likeness (QED) is 0.815. The summed E-state index contributed by atoms with van der Waals surface area (Å²) in [5, 5.41) is 0. The van der Waals surface area contributed by atoms with Gasteiger partial charge in [0.15, 0.2) is 5.82 Å². The van der Waals surface area contributed by atoms with Crippen molar-refractivity contribution in [2.45, 2.75) is 23.6 Å². The number of carbonyl (C=O) groups excluding carboxylic acids is 1. The van der Waals surface area contributed by atoms with Crippen molar-refractivity contribution in [3.8, 4) is 0 Å². The van der Waals surface area contributed by atoms with Gasteiger partial charge in [0.2, 0.25) is 0 Å². The average Bonchev–Trinajstić information content (AvgIpc) is 2.63. The molecule has 1 aliphatic heterocycles. The molecule has 0 N–H and O–H groups in total.